The van der Waals surface area contributed by atoms with E-state index in [0.717, 1.165) is 19.7 Å². The fourth-order valence-electron chi connectivity index (χ4n) is 4.00. The number of fused-ring (bicyclic) bond motifs is 1. The molecule has 3 amide bonds. The summed E-state index contributed by atoms with van der Waals surface area (Å²) in [6.45, 7) is 4.16. The van der Waals surface area contributed by atoms with E-state index in [2.05, 4.69) is 15.5 Å². The van der Waals surface area contributed by atoms with Gasteiger partial charge in [-0.3, -0.25) is 9.69 Å². The van der Waals surface area contributed by atoms with E-state index in [-0.39, 0.29) is 28.4 Å². The highest BCUT2D eigenvalue weighted by Gasteiger charge is 2.33. The molecule has 0 bridgehead atoms. The fourth-order valence-corrected chi connectivity index (χ4v) is 4.17. The van der Waals surface area contributed by atoms with Crippen LogP contribution in [0.4, 0.5) is 20.6 Å². The number of piperazine rings is 1. The highest BCUT2D eigenvalue weighted by Crippen LogP contribution is 2.31. The average Bonchev–Trinajstić information content (AvgIpc) is 2.81. The number of carbonyl (C=O) groups is 2. The Balaban J connectivity index is 1.49. The summed E-state index contributed by atoms with van der Waals surface area (Å²) >= 11 is 5.90. The number of amides is 3. The maximum atomic E-state index is 13.6. The first kappa shape index (κ1) is 22.3. The van der Waals surface area contributed by atoms with E-state index in [1.54, 1.807) is 23.1 Å². The molecule has 2 saturated heterocycles. The van der Waals surface area contributed by atoms with Crippen LogP contribution < -0.4 is 15.4 Å². The van der Waals surface area contributed by atoms with E-state index in [1.165, 1.54) is 25.3 Å². The van der Waals surface area contributed by atoms with E-state index in [4.69, 9.17) is 21.1 Å². The molecule has 1 unspecified atom stereocenters. The third-order valence-electron chi connectivity index (χ3n) is 5.62. The summed E-state index contributed by atoms with van der Waals surface area (Å²) in [5, 5.41) is 4.96. The number of rotatable bonds is 4. The van der Waals surface area contributed by atoms with E-state index in [1.807, 2.05) is 0 Å². The molecular weight excluding hydrogens is 439 g/mol. The van der Waals surface area contributed by atoms with Crippen LogP contribution in [0.1, 0.15) is 10.4 Å². The number of ether oxygens (including phenoxy) is 2. The zero-order chi connectivity index (χ0) is 22.7. The number of anilines is 2. The van der Waals surface area contributed by atoms with Crippen LogP contribution in [0.25, 0.3) is 0 Å². The highest BCUT2D eigenvalue weighted by molar-refractivity contribution is 6.34. The van der Waals surface area contributed by atoms with Crippen molar-refractivity contribution in [3.63, 3.8) is 0 Å². The first-order chi connectivity index (χ1) is 15.5. The third-order valence-corrected chi connectivity index (χ3v) is 6.01. The van der Waals surface area contributed by atoms with Crippen LogP contribution in [0.3, 0.4) is 0 Å². The van der Waals surface area contributed by atoms with Crippen molar-refractivity contribution in [1.29, 1.82) is 0 Å². The Kier molecular flexibility index (Phi) is 6.78. The van der Waals surface area contributed by atoms with Gasteiger partial charge >= 0.3 is 6.03 Å². The lowest BCUT2D eigenvalue weighted by Crippen LogP contribution is -2.59. The molecule has 2 aliphatic rings. The Morgan fingerprint density at radius 2 is 1.88 bits per heavy atom. The van der Waals surface area contributed by atoms with Gasteiger partial charge in [-0.2, -0.15) is 0 Å². The summed E-state index contributed by atoms with van der Waals surface area (Å²) in [5.41, 5.74) is 0.783. The van der Waals surface area contributed by atoms with Gasteiger partial charge in [-0.05, 0) is 24.3 Å². The maximum Gasteiger partial charge on any atom is 0.323 e. The zero-order valence-corrected chi connectivity index (χ0v) is 18.3. The molecule has 4 rings (SSSR count). The Morgan fingerprint density at radius 3 is 2.69 bits per heavy atom. The normalized spacial score (nSPS) is 18.6. The smallest absolute Gasteiger partial charge is 0.323 e. The number of benzene rings is 2. The van der Waals surface area contributed by atoms with E-state index >= 15 is 0 Å². The number of carbonyl (C=O) groups excluding carboxylic acids is 2. The molecule has 2 heterocycles. The molecule has 2 aromatic carbocycles. The van der Waals surface area contributed by atoms with Crippen molar-refractivity contribution in [1.82, 2.24) is 9.80 Å². The van der Waals surface area contributed by atoms with Crippen molar-refractivity contribution in [2.45, 2.75) is 6.04 Å². The summed E-state index contributed by atoms with van der Waals surface area (Å²) in [7, 11) is 1.44. The first-order valence-electron chi connectivity index (χ1n) is 10.3. The van der Waals surface area contributed by atoms with Crippen molar-refractivity contribution in [3.05, 3.63) is 52.8 Å². The Hall–Kier alpha value is -2.88. The number of morpholine rings is 1. The number of urea groups is 1. The molecule has 2 aliphatic heterocycles. The summed E-state index contributed by atoms with van der Waals surface area (Å²) in [4.78, 5) is 29.9. The minimum Gasteiger partial charge on any atom is -0.494 e. The molecule has 10 heteroatoms. The standard InChI is InChI=1S/C22H24ClFN4O4/c1-31-20-15(21(29)28-9-8-27-10-11-32-13-14(27)12-28)4-2-7-18(20)26-22(30)25-17-6-3-5-16(24)19(17)23/h2-7,14H,8-13H2,1H3,(H2,25,26,30). The number of methoxy groups -OCH3 is 1. The molecule has 2 fully saturated rings. The van der Waals surface area contributed by atoms with Crippen molar-refractivity contribution >= 4 is 34.9 Å². The molecular formula is C22H24ClFN4O4. The minimum absolute atomic E-state index is 0.128. The molecule has 8 nitrogen and oxygen atoms in total. The van der Waals surface area contributed by atoms with Gasteiger partial charge in [0.25, 0.3) is 5.91 Å². The van der Waals surface area contributed by atoms with Crippen molar-refractivity contribution in [2.75, 3.05) is 57.1 Å². The summed E-state index contributed by atoms with van der Waals surface area (Å²) in [5.74, 6) is -0.567. The highest BCUT2D eigenvalue weighted by atomic mass is 35.5. The Morgan fingerprint density at radius 1 is 1.12 bits per heavy atom. The Bertz CT molecular complexity index is 1020. The lowest BCUT2D eigenvalue weighted by atomic mass is 10.1. The van der Waals surface area contributed by atoms with Gasteiger partial charge in [0.1, 0.15) is 5.82 Å². The van der Waals surface area contributed by atoms with Crippen LogP contribution in [0.5, 0.6) is 5.75 Å². The van der Waals surface area contributed by atoms with Gasteiger partial charge in [0.2, 0.25) is 0 Å². The third kappa shape index (κ3) is 4.64. The van der Waals surface area contributed by atoms with Crippen LogP contribution in [-0.2, 0) is 4.74 Å². The summed E-state index contributed by atoms with van der Waals surface area (Å²) < 4.78 is 24.7. The van der Waals surface area contributed by atoms with Gasteiger partial charge in [0, 0.05) is 26.2 Å². The number of hydrogen-bond donors (Lipinski definition) is 2. The lowest BCUT2D eigenvalue weighted by molar-refractivity contribution is -0.0395. The molecule has 0 aliphatic carbocycles. The number of hydrogen-bond acceptors (Lipinski definition) is 5. The fraction of sp³-hybridized carbons (Fsp3) is 0.364. The van der Waals surface area contributed by atoms with Crippen LogP contribution in [-0.4, -0.2) is 74.3 Å². The second-order valence-electron chi connectivity index (χ2n) is 7.58. The van der Waals surface area contributed by atoms with Gasteiger partial charge < -0.3 is 25.0 Å². The van der Waals surface area contributed by atoms with Crippen molar-refractivity contribution < 1.29 is 23.5 Å². The molecule has 0 aromatic heterocycles. The van der Waals surface area contributed by atoms with Crippen LogP contribution in [0.15, 0.2) is 36.4 Å². The second kappa shape index (κ2) is 9.72. The molecule has 2 N–H and O–H groups in total. The van der Waals surface area contributed by atoms with Crippen LogP contribution >= 0.6 is 11.6 Å². The number of nitrogens with zero attached hydrogens (tertiary/aromatic N) is 2. The number of para-hydroxylation sites is 1. The van der Waals surface area contributed by atoms with E-state index in [0.29, 0.717) is 30.9 Å². The topological polar surface area (TPSA) is 83.1 Å². The van der Waals surface area contributed by atoms with Crippen molar-refractivity contribution in [2.24, 2.45) is 0 Å². The van der Waals surface area contributed by atoms with E-state index in [9.17, 15) is 14.0 Å². The van der Waals surface area contributed by atoms with Gasteiger partial charge in [0.05, 0.1) is 48.3 Å². The van der Waals surface area contributed by atoms with Crippen LogP contribution in [0.2, 0.25) is 5.02 Å². The predicted molar refractivity (Wildman–Crippen MR) is 119 cm³/mol. The monoisotopic (exact) mass is 462 g/mol. The van der Waals surface area contributed by atoms with Crippen LogP contribution in [0, 0.1) is 5.82 Å². The molecule has 2 aromatic rings. The summed E-state index contributed by atoms with van der Waals surface area (Å²) in [6, 6.07) is 8.60. The van der Waals surface area contributed by atoms with Gasteiger partial charge in [0.15, 0.2) is 5.75 Å². The molecule has 1 atom stereocenters. The second-order valence-corrected chi connectivity index (χ2v) is 7.96. The average molecular weight is 463 g/mol. The SMILES string of the molecule is COc1c(NC(=O)Nc2cccc(F)c2Cl)cccc1C(=O)N1CCN2CCOCC2C1. The first-order valence-corrected chi connectivity index (χ1v) is 10.7. The van der Waals surface area contributed by atoms with Gasteiger partial charge in [-0.25, -0.2) is 9.18 Å². The minimum atomic E-state index is -0.645. The quantitative estimate of drug-likeness (QED) is 0.728. The molecule has 0 saturated carbocycles. The number of nitrogens with one attached hydrogen (secondary N) is 2. The lowest BCUT2D eigenvalue weighted by Gasteiger charge is -2.43. The van der Waals surface area contributed by atoms with E-state index < -0.39 is 11.8 Å². The summed E-state index contributed by atoms with van der Waals surface area (Å²) in [6.07, 6.45) is 0. The molecule has 170 valence electrons. The van der Waals surface area contributed by atoms with Gasteiger partial charge in [-0.1, -0.05) is 23.7 Å². The largest absolute Gasteiger partial charge is 0.494 e. The van der Waals surface area contributed by atoms with Gasteiger partial charge in [-0.15, -0.1) is 0 Å². The Labute approximate surface area is 190 Å². The molecule has 0 radical (unpaired) electrons. The van der Waals surface area contributed by atoms with Crippen molar-refractivity contribution in [3.8, 4) is 5.75 Å². The maximum absolute atomic E-state index is 13.6. The molecule has 0 spiro atoms. The number of halogens is 2. The predicted octanol–water partition coefficient (Wildman–Crippen LogP) is 3.29. The zero-order valence-electron chi connectivity index (χ0n) is 17.6. The molecule has 32 heavy (non-hydrogen) atoms.